The third kappa shape index (κ3) is 1.59. The average molecular weight is 329 g/mol. The van der Waals surface area contributed by atoms with Gasteiger partial charge in [0.2, 0.25) is 0 Å². The van der Waals surface area contributed by atoms with Crippen LogP contribution in [0.5, 0.6) is 0 Å². The summed E-state index contributed by atoms with van der Waals surface area (Å²) in [6, 6.07) is 18.2. The van der Waals surface area contributed by atoms with Gasteiger partial charge >= 0.3 is 0 Å². The Balaban J connectivity index is 1.80. The molecule has 0 N–H and O–H groups in total. The quantitative estimate of drug-likeness (QED) is 0.507. The van der Waals surface area contributed by atoms with Gasteiger partial charge in [-0.1, -0.05) is 98.8 Å². The van der Waals surface area contributed by atoms with Gasteiger partial charge in [-0.15, -0.1) is 0 Å². The van der Waals surface area contributed by atoms with Gasteiger partial charge in [-0.25, -0.2) is 0 Å². The molecule has 1 aliphatic heterocycles. The highest BCUT2D eigenvalue weighted by Gasteiger charge is 2.57. The second kappa shape index (κ2) is 4.40. The first-order valence-corrected chi connectivity index (χ1v) is 12.2. The highest BCUT2D eigenvalue weighted by atomic mass is 28.3. The minimum Gasteiger partial charge on any atom is -0.0679 e. The van der Waals surface area contributed by atoms with Crippen molar-refractivity contribution in [1.29, 1.82) is 0 Å². The molecule has 1 fully saturated rings. The highest BCUT2D eigenvalue weighted by Crippen LogP contribution is 2.65. The zero-order chi connectivity index (χ0) is 16.7. The van der Waals surface area contributed by atoms with Gasteiger partial charge in [0.1, 0.15) is 0 Å². The van der Waals surface area contributed by atoms with Gasteiger partial charge in [0, 0.05) is 16.5 Å². The molecular formula is C23H24Si. The van der Waals surface area contributed by atoms with E-state index < -0.39 is 8.07 Å². The molecule has 0 spiro atoms. The maximum absolute atomic E-state index is 2.61. The molecule has 0 nitrogen and oxygen atoms in total. The smallest absolute Gasteiger partial charge is 0.0679 e. The predicted molar refractivity (Wildman–Crippen MR) is 106 cm³/mol. The largest absolute Gasteiger partial charge is 0.0723 e. The lowest BCUT2D eigenvalue weighted by atomic mass is 9.74. The second-order valence-corrected chi connectivity index (χ2v) is 13.6. The summed E-state index contributed by atoms with van der Waals surface area (Å²) < 4.78 is 0. The standard InChI is InChI=1S/C23H24Si/c1-23(2)19-13-15-9-5-7-11-17(15)21(19)24(3,4)22-18-12-8-6-10-16(18)14-20(22)23/h5-14,21-22H,1-4H3. The van der Waals surface area contributed by atoms with E-state index in [1.54, 1.807) is 22.3 Å². The fourth-order valence-electron chi connectivity index (χ4n) is 5.67. The lowest BCUT2D eigenvalue weighted by Gasteiger charge is -2.51. The average Bonchev–Trinajstić information content (AvgIpc) is 3.14. The Morgan fingerprint density at radius 3 is 1.58 bits per heavy atom. The first kappa shape index (κ1) is 14.5. The molecule has 1 saturated heterocycles. The van der Waals surface area contributed by atoms with Crippen molar-refractivity contribution in [3.8, 4) is 0 Å². The van der Waals surface area contributed by atoms with Crippen molar-refractivity contribution in [2.24, 2.45) is 5.41 Å². The van der Waals surface area contributed by atoms with Gasteiger partial charge in [-0.2, -0.15) is 0 Å². The van der Waals surface area contributed by atoms with Crippen molar-refractivity contribution in [2.75, 3.05) is 0 Å². The van der Waals surface area contributed by atoms with Crippen LogP contribution in [0.15, 0.2) is 59.7 Å². The first-order valence-electron chi connectivity index (χ1n) is 9.04. The molecule has 2 atom stereocenters. The van der Waals surface area contributed by atoms with Gasteiger partial charge in [0.25, 0.3) is 0 Å². The zero-order valence-corrected chi connectivity index (χ0v) is 15.9. The molecule has 0 aromatic heterocycles. The van der Waals surface area contributed by atoms with Crippen molar-refractivity contribution >= 4 is 20.2 Å². The van der Waals surface area contributed by atoms with Crippen LogP contribution in [0.2, 0.25) is 13.1 Å². The SMILES string of the molecule is CC1(C)C2=Cc3ccccc3C2[Si](C)(C)C2C1=Cc1ccccc12. The fraction of sp³-hybridized carbons (Fsp3) is 0.304. The Hall–Kier alpha value is -1.86. The number of hydrogen-bond acceptors (Lipinski definition) is 0. The van der Waals surface area contributed by atoms with Crippen molar-refractivity contribution in [2.45, 2.75) is 38.0 Å². The van der Waals surface area contributed by atoms with Crippen LogP contribution < -0.4 is 0 Å². The normalized spacial score (nSPS) is 27.5. The molecule has 0 saturated carbocycles. The molecule has 2 aliphatic carbocycles. The van der Waals surface area contributed by atoms with Gasteiger partial charge in [0.05, 0.1) is 8.07 Å². The second-order valence-electron chi connectivity index (χ2n) is 8.77. The van der Waals surface area contributed by atoms with Gasteiger partial charge in [-0.05, 0) is 22.3 Å². The predicted octanol–water partition coefficient (Wildman–Crippen LogP) is 6.17. The molecule has 120 valence electrons. The fourth-order valence-corrected chi connectivity index (χ4v) is 10.6. The lowest BCUT2D eigenvalue weighted by Crippen LogP contribution is -2.50. The number of hydrogen-bond donors (Lipinski definition) is 0. The van der Waals surface area contributed by atoms with E-state index in [9.17, 15) is 0 Å². The molecule has 0 amide bonds. The van der Waals surface area contributed by atoms with E-state index in [-0.39, 0.29) is 5.41 Å². The van der Waals surface area contributed by atoms with E-state index in [1.807, 2.05) is 0 Å². The Morgan fingerprint density at radius 1 is 0.708 bits per heavy atom. The molecule has 1 heterocycles. The number of allylic oxidation sites excluding steroid dienone is 2. The Labute approximate surface area is 145 Å². The summed E-state index contributed by atoms with van der Waals surface area (Å²) in [6.45, 7) is 10.1. The Kier molecular flexibility index (Phi) is 2.65. The Bertz CT molecular complexity index is 853. The third-order valence-corrected chi connectivity index (χ3v) is 11.0. The molecule has 0 radical (unpaired) electrons. The van der Waals surface area contributed by atoms with E-state index in [0.717, 1.165) is 0 Å². The van der Waals surface area contributed by atoms with Crippen molar-refractivity contribution in [3.05, 3.63) is 81.9 Å². The summed E-state index contributed by atoms with van der Waals surface area (Å²) in [5.74, 6) is 0. The molecule has 5 rings (SSSR count). The van der Waals surface area contributed by atoms with Crippen LogP contribution in [0.4, 0.5) is 0 Å². The molecular weight excluding hydrogens is 304 g/mol. The maximum atomic E-state index is 2.61. The van der Waals surface area contributed by atoms with Crippen LogP contribution in [-0.2, 0) is 0 Å². The number of benzene rings is 2. The van der Waals surface area contributed by atoms with E-state index in [2.05, 4.69) is 87.6 Å². The minimum atomic E-state index is -1.58. The van der Waals surface area contributed by atoms with Gasteiger partial charge < -0.3 is 0 Å². The van der Waals surface area contributed by atoms with Crippen molar-refractivity contribution in [3.63, 3.8) is 0 Å². The summed E-state index contributed by atoms with van der Waals surface area (Å²) in [5, 5.41) is 0. The third-order valence-electron chi connectivity index (χ3n) is 6.79. The summed E-state index contributed by atoms with van der Waals surface area (Å²) in [4.78, 5) is 0. The lowest BCUT2D eigenvalue weighted by molar-refractivity contribution is 0.491. The van der Waals surface area contributed by atoms with E-state index in [4.69, 9.17) is 0 Å². The number of rotatable bonds is 0. The van der Waals surface area contributed by atoms with Crippen molar-refractivity contribution in [1.82, 2.24) is 0 Å². The topological polar surface area (TPSA) is 0 Å². The zero-order valence-electron chi connectivity index (χ0n) is 14.9. The van der Waals surface area contributed by atoms with Crippen LogP contribution in [-0.4, -0.2) is 8.07 Å². The van der Waals surface area contributed by atoms with Crippen LogP contribution >= 0.6 is 0 Å². The van der Waals surface area contributed by atoms with Crippen LogP contribution in [0.25, 0.3) is 12.2 Å². The molecule has 2 unspecified atom stereocenters. The molecule has 24 heavy (non-hydrogen) atoms. The minimum absolute atomic E-state index is 0.149. The number of fused-ring (bicyclic) bond motifs is 6. The van der Waals surface area contributed by atoms with E-state index >= 15 is 0 Å². The first-order chi connectivity index (χ1) is 11.4. The molecule has 2 aromatic rings. The van der Waals surface area contributed by atoms with Gasteiger partial charge in [0.15, 0.2) is 0 Å². The molecule has 0 bridgehead atoms. The monoisotopic (exact) mass is 328 g/mol. The summed E-state index contributed by atoms with van der Waals surface area (Å²) in [6.07, 6.45) is 5.02. The van der Waals surface area contributed by atoms with E-state index in [1.165, 1.54) is 11.1 Å². The van der Waals surface area contributed by atoms with Gasteiger partial charge in [-0.3, -0.25) is 0 Å². The Morgan fingerprint density at radius 2 is 1.12 bits per heavy atom. The van der Waals surface area contributed by atoms with Crippen LogP contribution in [0.1, 0.15) is 47.2 Å². The maximum Gasteiger partial charge on any atom is 0.0723 e. The molecule has 2 aromatic carbocycles. The highest BCUT2D eigenvalue weighted by molar-refractivity contribution is 6.82. The summed E-state index contributed by atoms with van der Waals surface area (Å²) >= 11 is 0. The van der Waals surface area contributed by atoms with Crippen molar-refractivity contribution < 1.29 is 0 Å². The summed E-state index contributed by atoms with van der Waals surface area (Å²) in [7, 11) is -1.58. The van der Waals surface area contributed by atoms with Crippen LogP contribution in [0.3, 0.4) is 0 Å². The summed E-state index contributed by atoms with van der Waals surface area (Å²) in [5.41, 5.74) is 10.9. The van der Waals surface area contributed by atoms with Crippen LogP contribution in [0, 0.1) is 5.41 Å². The molecule has 1 heteroatoms. The molecule has 3 aliphatic rings. The van der Waals surface area contributed by atoms with E-state index in [0.29, 0.717) is 11.1 Å².